The third-order valence-corrected chi connectivity index (χ3v) is 5.39. The average Bonchev–Trinajstić information content (AvgIpc) is 3.11. The van der Waals surface area contributed by atoms with Gasteiger partial charge in [0.2, 0.25) is 0 Å². The van der Waals surface area contributed by atoms with Crippen LogP contribution in [0.3, 0.4) is 0 Å². The molecule has 0 bridgehead atoms. The fourth-order valence-electron chi connectivity index (χ4n) is 3.24. The Morgan fingerprint density at radius 3 is 2.38 bits per heavy atom. The Bertz CT molecular complexity index is 845. The monoisotopic (exact) mass is 334 g/mol. The van der Waals surface area contributed by atoms with Gasteiger partial charge in [0.1, 0.15) is 5.75 Å². The molecule has 2 aromatic carbocycles. The number of aryl methyl sites for hydroxylation is 2. The molecular weight excluding hydrogens is 312 g/mol. The van der Waals surface area contributed by atoms with Crippen LogP contribution in [0.2, 0.25) is 0 Å². The summed E-state index contributed by atoms with van der Waals surface area (Å²) in [7, 11) is 0. The van der Waals surface area contributed by atoms with Gasteiger partial charge in [-0.3, -0.25) is 0 Å². The van der Waals surface area contributed by atoms with Crippen molar-refractivity contribution in [1.82, 2.24) is 0 Å². The van der Waals surface area contributed by atoms with Gasteiger partial charge >= 0.3 is 0 Å². The molecule has 1 nitrogen and oxygen atoms in total. The van der Waals surface area contributed by atoms with E-state index in [-0.39, 0.29) is 5.92 Å². The van der Waals surface area contributed by atoms with Gasteiger partial charge in [-0.05, 0) is 60.0 Å². The van der Waals surface area contributed by atoms with Gasteiger partial charge in [-0.1, -0.05) is 54.6 Å². The number of thiophene rings is 1. The van der Waals surface area contributed by atoms with Crippen LogP contribution in [-0.2, 0) is 0 Å². The number of phenols is 1. The smallest absolute Gasteiger partial charge is 0.121 e. The number of hydrogen-bond acceptors (Lipinski definition) is 2. The van der Waals surface area contributed by atoms with Gasteiger partial charge in [0.25, 0.3) is 0 Å². The number of allylic oxidation sites excluding steroid dienone is 1. The summed E-state index contributed by atoms with van der Waals surface area (Å²) in [6.45, 7) is 6.10. The highest BCUT2D eigenvalue weighted by Crippen LogP contribution is 2.38. The van der Waals surface area contributed by atoms with Crippen molar-refractivity contribution in [3.63, 3.8) is 0 Å². The third-order valence-electron chi connectivity index (χ3n) is 4.43. The predicted octanol–water partition coefficient (Wildman–Crippen LogP) is 6.22. The molecule has 0 fully saturated rings. The first kappa shape index (κ1) is 16.5. The molecule has 0 spiro atoms. The topological polar surface area (TPSA) is 20.2 Å². The Balaban J connectivity index is 2.11. The summed E-state index contributed by atoms with van der Waals surface area (Å²) in [4.78, 5) is 1.29. The van der Waals surface area contributed by atoms with Crippen molar-refractivity contribution in [2.24, 2.45) is 0 Å². The van der Waals surface area contributed by atoms with Crippen LogP contribution in [0.15, 0.2) is 60.0 Å². The number of benzene rings is 2. The minimum atomic E-state index is 0.150. The number of phenolic OH excluding ortho intramolecular Hbond substituents is 1. The van der Waals surface area contributed by atoms with Crippen LogP contribution in [0, 0.1) is 20.8 Å². The van der Waals surface area contributed by atoms with E-state index in [0.717, 1.165) is 11.1 Å². The van der Waals surface area contributed by atoms with E-state index in [1.165, 1.54) is 21.6 Å². The highest BCUT2D eigenvalue weighted by molar-refractivity contribution is 7.10. The van der Waals surface area contributed by atoms with Crippen molar-refractivity contribution >= 4 is 17.4 Å². The van der Waals surface area contributed by atoms with Gasteiger partial charge < -0.3 is 5.11 Å². The molecule has 3 rings (SSSR count). The molecular formula is C22H22OS. The van der Waals surface area contributed by atoms with Crippen LogP contribution in [0.5, 0.6) is 5.75 Å². The van der Waals surface area contributed by atoms with E-state index in [4.69, 9.17) is 0 Å². The summed E-state index contributed by atoms with van der Waals surface area (Å²) in [6.07, 6.45) is 4.41. The lowest BCUT2D eigenvalue weighted by atomic mass is 9.87. The molecule has 1 heterocycles. The fraction of sp³-hybridized carbons (Fsp3) is 0.182. The van der Waals surface area contributed by atoms with Crippen molar-refractivity contribution < 1.29 is 5.11 Å². The highest BCUT2D eigenvalue weighted by Gasteiger charge is 2.20. The Hall–Kier alpha value is -2.32. The maximum Gasteiger partial charge on any atom is 0.121 e. The molecule has 0 saturated heterocycles. The normalized spacial score (nSPS) is 12.6. The van der Waals surface area contributed by atoms with Crippen LogP contribution < -0.4 is 0 Å². The molecule has 0 amide bonds. The summed E-state index contributed by atoms with van der Waals surface area (Å²) < 4.78 is 0. The quantitative estimate of drug-likeness (QED) is 0.600. The van der Waals surface area contributed by atoms with E-state index in [1.54, 1.807) is 11.3 Å². The minimum absolute atomic E-state index is 0.150. The largest absolute Gasteiger partial charge is 0.507 e. The van der Waals surface area contributed by atoms with Gasteiger partial charge in [0.15, 0.2) is 0 Å². The van der Waals surface area contributed by atoms with Gasteiger partial charge in [-0.2, -0.15) is 0 Å². The van der Waals surface area contributed by atoms with E-state index >= 15 is 0 Å². The zero-order valence-electron chi connectivity index (χ0n) is 14.3. The van der Waals surface area contributed by atoms with E-state index in [1.807, 2.05) is 32.0 Å². The molecule has 24 heavy (non-hydrogen) atoms. The van der Waals surface area contributed by atoms with Crippen molar-refractivity contribution in [2.75, 3.05) is 0 Å². The third kappa shape index (κ3) is 3.29. The second kappa shape index (κ2) is 7.06. The first-order valence-electron chi connectivity index (χ1n) is 8.14. The van der Waals surface area contributed by atoms with E-state index in [0.29, 0.717) is 5.75 Å². The van der Waals surface area contributed by atoms with Crippen molar-refractivity contribution in [3.8, 4) is 5.75 Å². The summed E-state index contributed by atoms with van der Waals surface area (Å²) in [5.74, 6) is 0.557. The van der Waals surface area contributed by atoms with Crippen molar-refractivity contribution in [1.29, 1.82) is 0 Å². The van der Waals surface area contributed by atoms with E-state index in [2.05, 4.69) is 54.8 Å². The molecule has 0 aliphatic rings. The van der Waals surface area contributed by atoms with Crippen molar-refractivity contribution in [2.45, 2.75) is 26.7 Å². The fourth-order valence-corrected chi connectivity index (χ4v) is 4.06. The summed E-state index contributed by atoms with van der Waals surface area (Å²) >= 11 is 1.76. The van der Waals surface area contributed by atoms with Gasteiger partial charge in [-0.25, -0.2) is 0 Å². The van der Waals surface area contributed by atoms with Crippen LogP contribution in [-0.4, -0.2) is 5.11 Å². The molecule has 0 aliphatic heterocycles. The minimum Gasteiger partial charge on any atom is -0.507 e. The van der Waals surface area contributed by atoms with E-state index in [9.17, 15) is 5.11 Å². The molecule has 0 radical (unpaired) electrons. The van der Waals surface area contributed by atoms with Crippen LogP contribution in [0.25, 0.3) is 6.08 Å². The Morgan fingerprint density at radius 2 is 1.71 bits per heavy atom. The number of hydrogen-bond donors (Lipinski definition) is 1. The summed E-state index contributed by atoms with van der Waals surface area (Å²) in [6, 6.07) is 16.7. The lowest BCUT2D eigenvalue weighted by molar-refractivity contribution is 0.465. The zero-order chi connectivity index (χ0) is 17.1. The van der Waals surface area contributed by atoms with Crippen LogP contribution in [0.1, 0.15) is 38.6 Å². The molecule has 1 atom stereocenters. The Labute approximate surface area is 147 Å². The lowest BCUT2D eigenvalue weighted by Crippen LogP contribution is -2.03. The average molecular weight is 334 g/mol. The first-order chi connectivity index (χ1) is 11.6. The molecule has 122 valence electrons. The first-order valence-corrected chi connectivity index (χ1v) is 9.02. The molecule has 0 aliphatic carbocycles. The van der Waals surface area contributed by atoms with Crippen LogP contribution in [0.4, 0.5) is 0 Å². The zero-order valence-corrected chi connectivity index (χ0v) is 15.1. The Morgan fingerprint density at radius 1 is 0.958 bits per heavy atom. The highest BCUT2D eigenvalue weighted by atomic mass is 32.1. The predicted molar refractivity (Wildman–Crippen MR) is 104 cm³/mol. The summed E-state index contributed by atoms with van der Waals surface area (Å²) in [5, 5.41) is 12.5. The van der Waals surface area contributed by atoms with Gasteiger partial charge in [0, 0.05) is 10.8 Å². The van der Waals surface area contributed by atoms with Crippen LogP contribution >= 0.6 is 11.3 Å². The summed E-state index contributed by atoms with van der Waals surface area (Å²) in [5.41, 5.74) is 5.52. The second-order valence-electron chi connectivity index (χ2n) is 6.16. The molecule has 0 saturated carbocycles. The lowest BCUT2D eigenvalue weighted by Gasteiger charge is -2.20. The maximum atomic E-state index is 10.4. The second-order valence-corrected chi connectivity index (χ2v) is 7.14. The number of rotatable bonds is 4. The molecule has 1 N–H and O–H groups in total. The maximum absolute atomic E-state index is 10.4. The van der Waals surface area contributed by atoms with Gasteiger partial charge in [0.05, 0.1) is 0 Å². The molecule has 2 heteroatoms. The standard InChI is InChI=1S/C22H22OS/c1-15-14-16(2)22(23)17(3)21(15)19(20-10-7-13-24-20)12-11-18-8-5-4-6-9-18/h4-14,19,23H,1-3H3. The van der Waals surface area contributed by atoms with Gasteiger partial charge in [-0.15, -0.1) is 11.3 Å². The number of aromatic hydroxyl groups is 1. The van der Waals surface area contributed by atoms with Crippen molar-refractivity contribution in [3.05, 3.63) is 92.7 Å². The molecule has 1 aromatic heterocycles. The van der Waals surface area contributed by atoms with E-state index < -0.39 is 0 Å². The molecule has 1 unspecified atom stereocenters. The SMILES string of the molecule is Cc1cc(C)c(C(C=Cc2ccccc2)c2cccs2)c(C)c1O. The Kier molecular flexibility index (Phi) is 4.86. The molecule has 3 aromatic rings.